The number of ether oxygens (including phenoxy) is 2. The van der Waals surface area contributed by atoms with E-state index < -0.39 is 18.2 Å². The summed E-state index contributed by atoms with van der Waals surface area (Å²) in [7, 11) is 0. The first-order valence-corrected chi connectivity index (χ1v) is 6.35. The molecule has 1 aliphatic rings. The minimum Gasteiger partial charge on any atom is -0.432 e. The quantitative estimate of drug-likeness (QED) is 0.819. The van der Waals surface area contributed by atoms with Crippen LogP contribution >= 0.6 is 0 Å². The molecule has 1 fully saturated rings. The Hall–Kier alpha value is -1.63. The van der Waals surface area contributed by atoms with Gasteiger partial charge in [-0.3, -0.25) is 0 Å². The Kier molecular flexibility index (Phi) is 4.59. The highest BCUT2D eigenvalue weighted by atomic mass is 19.3. The first-order valence-electron chi connectivity index (χ1n) is 6.35. The molecule has 0 saturated carbocycles. The molecule has 1 saturated heterocycles. The molecule has 1 aliphatic heterocycles. The molecule has 2 rings (SSSR count). The van der Waals surface area contributed by atoms with E-state index >= 15 is 0 Å². The molecule has 0 aromatic heterocycles. The van der Waals surface area contributed by atoms with Crippen molar-refractivity contribution in [2.45, 2.75) is 26.0 Å². The van der Waals surface area contributed by atoms with Crippen LogP contribution in [-0.4, -0.2) is 25.9 Å². The minimum absolute atomic E-state index is 0.0321. The first kappa shape index (κ1) is 14.8. The van der Waals surface area contributed by atoms with Gasteiger partial charge in [-0.05, 0) is 13.3 Å². The Labute approximate surface area is 115 Å². The molecule has 1 aromatic carbocycles. The van der Waals surface area contributed by atoms with Gasteiger partial charge in [0, 0.05) is 30.7 Å². The topological polar surface area (TPSA) is 56.5 Å². The highest BCUT2D eigenvalue weighted by molar-refractivity contribution is 5.69. The summed E-state index contributed by atoms with van der Waals surface area (Å²) in [5.41, 5.74) is 6.22. The number of alkyl halides is 2. The maximum atomic E-state index is 13.4. The molecule has 20 heavy (non-hydrogen) atoms. The second-order valence-corrected chi connectivity index (χ2v) is 4.81. The summed E-state index contributed by atoms with van der Waals surface area (Å²) in [5, 5.41) is 3.10. The van der Waals surface area contributed by atoms with Crippen molar-refractivity contribution >= 4 is 11.4 Å². The van der Waals surface area contributed by atoms with E-state index in [1.54, 1.807) is 0 Å². The molecule has 1 heterocycles. The third kappa shape index (κ3) is 3.47. The van der Waals surface area contributed by atoms with Gasteiger partial charge in [0.15, 0.2) is 11.6 Å². The van der Waals surface area contributed by atoms with E-state index in [0.29, 0.717) is 24.8 Å². The smallest absolute Gasteiger partial charge is 0.387 e. The van der Waals surface area contributed by atoms with Gasteiger partial charge in [-0.15, -0.1) is 0 Å². The maximum Gasteiger partial charge on any atom is 0.387 e. The Bertz CT molecular complexity index is 465. The summed E-state index contributed by atoms with van der Waals surface area (Å²) in [6.45, 7) is 0.197. The van der Waals surface area contributed by atoms with Gasteiger partial charge in [0.05, 0.1) is 18.0 Å². The Balaban J connectivity index is 2.13. The predicted molar refractivity (Wildman–Crippen MR) is 69.5 cm³/mol. The van der Waals surface area contributed by atoms with Gasteiger partial charge in [-0.1, -0.05) is 0 Å². The lowest BCUT2D eigenvalue weighted by molar-refractivity contribution is -0.0521. The number of hydrogen-bond donors (Lipinski definition) is 2. The zero-order valence-electron chi connectivity index (χ0n) is 11.0. The molecule has 112 valence electrons. The van der Waals surface area contributed by atoms with E-state index in [2.05, 4.69) is 10.1 Å². The average Bonchev–Trinajstić information content (AvgIpc) is 2.88. The highest BCUT2D eigenvalue weighted by Crippen LogP contribution is 2.31. The van der Waals surface area contributed by atoms with Crippen molar-refractivity contribution in [3.63, 3.8) is 0 Å². The fourth-order valence-corrected chi connectivity index (χ4v) is 2.19. The van der Waals surface area contributed by atoms with E-state index in [0.717, 1.165) is 18.6 Å². The van der Waals surface area contributed by atoms with Gasteiger partial charge in [0.1, 0.15) is 0 Å². The number of rotatable bonds is 5. The van der Waals surface area contributed by atoms with Crippen LogP contribution in [0.25, 0.3) is 0 Å². The molecule has 0 spiro atoms. The Morgan fingerprint density at radius 1 is 1.45 bits per heavy atom. The van der Waals surface area contributed by atoms with E-state index in [4.69, 9.17) is 10.5 Å². The molecule has 2 unspecified atom stereocenters. The standard InChI is InChI=1S/C13H17F3N2O2/c1-7(8-2-3-19-6-8)18-11-5-12(20-13(15)16)9(14)4-10(11)17/h4-5,7-8,13,18H,2-3,6,17H2,1H3. The highest BCUT2D eigenvalue weighted by Gasteiger charge is 2.23. The summed E-state index contributed by atoms with van der Waals surface area (Å²) in [4.78, 5) is 0. The molecular weight excluding hydrogens is 273 g/mol. The number of hydrogen-bond acceptors (Lipinski definition) is 4. The number of halogens is 3. The number of nitrogens with two attached hydrogens (primary N) is 1. The summed E-state index contributed by atoms with van der Waals surface area (Å²) in [6, 6.07) is 2.16. The molecule has 0 radical (unpaired) electrons. The summed E-state index contributed by atoms with van der Waals surface area (Å²) >= 11 is 0. The second kappa shape index (κ2) is 6.21. The van der Waals surface area contributed by atoms with Crippen LogP contribution in [0.5, 0.6) is 5.75 Å². The predicted octanol–water partition coefficient (Wildman–Crippen LogP) is 2.85. The summed E-state index contributed by atoms with van der Waals surface area (Å²) in [5.74, 6) is -1.13. The molecule has 4 nitrogen and oxygen atoms in total. The fourth-order valence-electron chi connectivity index (χ4n) is 2.19. The summed E-state index contributed by atoms with van der Waals surface area (Å²) < 4.78 is 47.2. The van der Waals surface area contributed by atoms with Crippen molar-refractivity contribution in [2.75, 3.05) is 24.3 Å². The van der Waals surface area contributed by atoms with Crippen molar-refractivity contribution in [1.29, 1.82) is 0 Å². The number of nitrogen functional groups attached to an aromatic ring is 1. The van der Waals surface area contributed by atoms with Gasteiger partial charge < -0.3 is 20.5 Å². The Morgan fingerprint density at radius 3 is 2.80 bits per heavy atom. The molecule has 7 heteroatoms. The van der Waals surface area contributed by atoms with E-state index in [9.17, 15) is 13.2 Å². The SMILES string of the molecule is CC(Nc1cc(OC(F)F)c(F)cc1N)C1CCOC1. The van der Waals surface area contributed by atoms with Crippen LogP contribution in [0.4, 0.5) is 24.5 Å². The van der Waals surface area contributed by atoms with Gasteiger partial charge in [0.2, 0.25) is 0 Å². The van der Waals surface area contributed by atoms with Crippen LogP contribution in [-0.2, 0) is 4.74 Å². The molecule has 1 aromatic rings. The van der Waals surface area contributed by atoms with Crippen molar-refractivity contribution in [3.05, 3.63) is 17.9 Å². The number of benzene rings is 1. The first-order chi connectivity index (χ1) is 9.47. The van der Waals surface area contributed by atoms with Crippen molar-refractivity contribution in [2.24, 2.45) is 5.92 Å². The van der Waals surface area contributed by atoms with Gasteiger partial charge in [-0.2, -0.15) is 8.78 Å². The third-order valence-corrected chi connectivity index (χ3v) is 3.38. The molecule has 0 amide bonds. The fraction of sp³-hybridized carbons (Fsp3) is 0.538. The van der Waals surface area contributed by atoms with E-state index in [-0.39, 0.29) is 11.7 Å². The van der Waals surface area contributed by atoms with Gasteiger partial charge >= 0.3 is 6.61 Å². The van der Waals surface area contributed by atoms with Crippen LogP contribution < -0.4 is 15.8 Å². The lowest BCUT2D eigenvalue weighted by atomic mass is 10.0. The molecule has 0 bridgehead atoms. The monoisotopic (exact) mass is 290 g/mol. The van der Waals surface area contributed by atoms with Gasteiger partial charge in [-0.25, -0.2) is 4.39 Å². The van der Waals surface area contributed by atoms with Crippen molar-refractivity contribution in [1.82, 2.24) is 0 Å². The van der Waals surface area contributed by atoms with Crippen LogP contribution in [0.15, 0.2) is 12.1 Å². The van der Waals surface area contributed by atoms with Crippen LogP contribution in [0.1, 0.15) is 13.3 Å². The molecule has 0 aliphatic carbocycles. The Morgan fingerprint density at radius 2 is 2.20 bits per heavy atom. The van der Waals surface area contributed by atoms with Gasteiger partial charge in [0.25, 0.3) is 0 Å². The average molecular weight is 290 g/mol. The van der Waals surface area contributed by atoms with E-state index in [1.807, 2.05) is 6.92 Å². The van der Waals surface area contributed by atoms with E-state index in [1.165, 1.54) is 0 Å². The molecular formula is C13H17F3N2O2. The van der Waals surface area contributed by atoms with Crippen molar-refractivity contribution < 1.29 is 22.6 Å². The zero-order chi connectivity index (χ0) is 14.7. The van der Waals surface area contributed by atoms with Crippen LogP contribution in [0.3, 0.4) is 0 Å². The zero-order valence-corrected chi connectivity index (χ0v) is 11.0. The maximum absolute atomic E-state index is 13.4. The largest absolute Gasteiger partial charge is 0.432 e. The lowest BCUT2D eigenvalue weighted by Gasteiger charge is -2.22. The molecule has 2 atom stereocenters. The minimum atomic E-state index is -3.08. The third-order valence-electron chi connectivity index (χ3n) is 3.38. The lowest BCUT2D eigenvalue weighted by Crippen LogP contribution is -2.26. The number of nitrogens with one attached hydrogen (secondary N) is 1. The molecule has 3 N–H and O–H groups in total. The van der Waals surface area contributed by atoms with Crippen LogP contribution in [0.2, 0.25) is 0 Å². The normalized spacial score (nSPS) is 20.1. The van der Waals surface area contributed by atoms with Crippen molar-refractivity contribution in [3.8, 4) is 5.75 Å². The second-order valence-electron chi connectivity index (χ2n) is 4.81. The summed E-state index contributed by atoms with van der Waals surface area (Å²) in [6.07, 6.45) is 0.912. The van der Waals surface area contributed by atoms with Crippen LogP contribution in [0, 0.1) is 11.7 Å². The number of anilines is 2.